The van der Waals surface area contributed by atoms with Crippen molar-refractivity contribution in [1.82, 2.24) is 19.9 Å². The number of nitriles is 1. The SMILES string of the molecule is Cc1cnc(NC2CCN(C(=O)OC(C)(C)C)CC2)nc1C(C#N)c1ccccn1. The minimum atomic E-state index is -0.552. The van der Waals surface area contributed by atoms with E-state index in [0.29, 0.717) is 30.4 Å². The third-order valence-electron chi connectivity index (χ3n) is 4.88. The van der Waals surface area contributed by atoms with E-state index in [1.807, 2.05) is 45.9 Å². The molecular weight excluding hydrogens is 380 g/mol. The smallest absolute Gasteiger partial charge is 0.410 e. The average molecular weight is 409 g/mol. The molecule has 0 aliphatic carbocycles. The highest BCUT2D eigenvalue weighted by Crippen LogP contribution is 2.25. The number of amides is 1. The van der Waals surface area contributed by atoms with Crippen LogP contribution in [0.25, 0.3) is 0 Å². The van der Waals surface area contributed by atoms with Crippen molar-refractivity contribution in [3.63, 3.8) is 0 Å². The van der Waals surface area contributed by atoms with Gasteiger partial charge in [-0.3, -0.25) is 4.98 Å². The normalized spacial score (nSPS) is 15.9. The van der Waals surface area contributed by atoms with Gasteiger partial charge in [0.05, 0.1) is 17.5 Å². The van der Waals surface area contributed by atoms with Crippen LogP contribution in [0.4, 0.5) is 10.7 Å². The van der Waals surface area contributed by atoms with Crippen molar-refractivity contribution in [2.75, 3.05) is 18.4 Å². The van der Waals surface area contributed by atoms with Gasteiger partial charge in [-0.25, -0.2) is 14.8 Å². The quantitative estimate of drug-likeness (QED) is 0.823. The number of carbonyl (C=O) groups is 1. The van der Waals surface area contributed by atoms with E-state index in [0.717, 1.165) is 18.4 Å². The van der Waals surface area contributed by atoms with Crippen molar-refractivity contribution in [2.24, 2.45) is 0 Å². The molecule has 0 aromatic carbocycles. The number of hydrogen-bond acceptors (Lipinski definition) is 7. The number of aryl methyl sites for hydroxylation is 1. The molecule has 3 heterocycles. The second kappa shape index (κ2) is 9.08. The highest BCUT2D eigenvalue weighted by atomic mass is 16.6. The molecule has 1 aliphatic heterocycles. The zero-order valence-corrected chi connectivity index (χ0v) is 17.9. The molecule has 158 valence electrons. The van der Waals surface area contributed by atoms with Crippen LogP contribution in [0.15, 0.2) is 30.6 Å². The molecular formula is C22H28N6O2. The maximum atomic E-state index is 12.2. The van der Waals surface area contributed by atoms with Gasteiger partial charge >= 0.3 is 6.09 Å². The monoisotopic (exact) mass is 408 g/mol. The number of nitrogens with zero attached hydrogens (tertiary/aromatic N) is 5. The van der Waals surface area contributed by atoms with Crippen LogP contribution >= 0.6 is 0 Å². The highest BCUT2D eigenvalue weighted by molar-refractivity contribution is 5.68. The van der Waals surface area contributed by atoms with E-state index in [9.17, 15) is 10.1 Å². The first kappa shape index (κ1) is 21.5. The second-order valence-corrected chi connectivity index (χ2v) is 8.46. The summed E-state index contributed by atoms with van der Waals surface area (Å²) in [4.78, 5) is 27.3. The lowest BCUT2D eigenvalue weighted by molar-refractivity contribution is 0.0210. The minimum Gasteiger partial charge on any atom is -0.444 e. The lowest BCUT2D eigenvalue weighted by Crippen LogP contribution is -2.44. The number of likely N-dealkylation sites (tertiary alicyclic amines) is 1. The predicted molar refractivity (Wildman–Crippen MR) is 113 cm³/mol. The Morgan fingerprint density at radius 3 is 2.63 bits per heavy atom. The Labute approximate surface area is 177 Å². The van der Waals surface area contributed by atoms with Gasteiger partial charge in [-0.1, -0.05) is 6.07 Å². The standard InChI is InChI=1S/C22H28N6O2/c1-15-14-25-20(27-19(15)17(13-23)18-7-5-6-10-24-18)26-16-8-11-28(12-9-16)21(29)30-22(2,3)4/h5-7,10,14,16-17H,8-9,11-12H2,1-4H3,(H,25,26,27). The molecule has 1 saturated heterocycles. The van der Waals surface area contributed by atoms with Crippen LogP contribution in [-0.2, 0) is 4.74 Å². The Bertz CT molecular complexity index is 911. The third-order valence-corrected chi connectivity index (χ3v) is 4.88. The topological polar surface area (TPSA) is 104 Å². The van der Waals surface area contributed by atoms with E-state index < -0.39 is 11.5 Å². The number of carbonyl (C=O) groups excluding carboxylic acids is 1. The van der Waals surface area contributed by atoms with Gasteiger partial charge in [-0.05, 0) is 58.2 Å². The van der Waals surface area contributed by atoms with Crippen molar-refractivity contribution in [2.45, 2.75) is 58.1 Å². The zero-order valence-electron chi connectivity index (χ0n) is 17.9. The summed E-state index contributed by atoms with van der Waals surface area (Å²) in [5.74, 6) is -0.0636. The highest BCUT2D eigenvalue weighted by Gasteiger charge is 2.27. The van der Waals surface area contributed by atoms with Gasteiger partial charge < -0.3 is 15.0 Å². The maximum absolute atomic E-state index is 12.2. The van der Waals surface area contributed by atoms with Gasteiger partial charge in [0.1, 0.15) is 11.5 Å². The van der Waals surface area contributed by atoms with Gasteiger partial charge in [0.2, 0.25) is 5.95 Å². The Morgan fingerprint density at radius 2 is 2.03 bits per heavy atom. The number of rotatable bonds is 4. The molecule has 1 fully saturated rings. The maximum Gasteiger partial charge on any atom is 0.410 e. The predicted octanol–water partition coefficient (Wildman–Crippen LogP) is 3.65. The van der Waals surface area contributed by atoms with Gasteiger partial charge in [0.25, 0.3) is 0 Å². The van der Waals surface area contributed by atoms with Crippen molar-refractivity contribution in [3.8, 4) is 6.07 Å². The molecule has 2 aromatic rings. The molecule has 8 nitrogen and oxygen atoms in total. The average Bonchev–Trinajstić information content (AvgIpc) is 2.71. The summed E-state index contributed by atoms with van der Waals surface area (Å²) in [6.45, 7) is 8.72. The summed E-state index contributed by atoms with van der Waals surface area (Å²) in [5, 5.41) is 13.1. The van der Waals surface area contributed by atoms with Crippen LogP contribution in [-0.4, -0.2) is 50.7 Å². The Hall–Kier alpha value is -3.21. The molecule has 8 heteroatoms. The Morgan fingerprint density at radius 1 is 1.30 bits per heavy atom. The number of aromatic nitrogens is 3. The first-order valence-electron chi connectivity index (χ1n) is 10.2. The summed E-state index contributed by atoms with van der Waals surface area (Å²) in [6.07, 6.45) is 4.67. The summed E-state index contributed by atoms with van der Waals surface area (Å²) >= 11 is 0. The van der Waals surface area contributed by atoms with Gasteiger partial charge in [0, 0.05) is 31.5 Å². The Kier molecular flexibility index (Phi) is 6.50. The summed E-state index contributed by atoms with van der Waals surface area (Å²) in [7, 11) is 0. The first-order chi connectivity index (χ1) is 14.3. The van der Waals surface area contributed by atoms with Crippen LogP contribution in [0.3, 0.4) is 0 Å². The van der Waals surface area contributed by atoms with Gasteiger partial charge in [0.15, 0.2) is 0 Å². The lowest BCUT2D eigenvalue weighted by Gasteiger charge is -2.33. The van der Waals surface area contributed by atoms with E-state index >= 15 is 0 Å². The molecule has 3 rings (SSSR count). The summed E-state index contributed by atoms with van der Waals surface area (Å²) < 4.78 is 5.45. The van der Waals surface area contributed by atoms with Gasteiger partial charge in [-0.2, -0.15) is 5.26 Å². The van der Waals surface area contributed by atoms with E-state index in [4.69, 9.17) is 4.74 Å². The fourth-order valence-corrected chi connectivity index (χ4v) is 3.35. The molecule has 0 bridgehead atoms. The molecule has 1 N–H and O–H groups in total. The molecule has 30 heavy (non-hydrogen) atoms. The van der Waals surface area contributed by atoms with Gasteiger partial charge in [-0.15, -0.1) is 0 Å². The van der Waals surface area contributed by atoms with E-state index in [1.54, 1.807) is 17.3 Å². The van der Waals surface area contributed by atoms with Crippen molar-refractivity contribution < 1.29 is 9.53 Å². The van der Waals surface area contributed by atoms with Crippen molar-refractivity contribution in [1.29, 1.82) is 5.26 Å². The molecule has 1 atom stereocenters. The number of anilines is 1. The van der Waals surface area contributed by atoms with E-state index in [-0.39, 0.29) is 12.1 Å². The fraction of sp³-hybridized carbons (Fsp3) is 0.500. The number of piperidine rings is 1. The molecule has 1 aliphatic rings. The lowest BCUT2D eigenvalue weighted by atomic mass is 9.99. The second-order valence-electron chi connectivity index (χ2n) is 8.46. The molecule has 1 amide bonds. The number of ether oxygens (including phenoxy) is 1. The molecule has 1 unspecified atom stereocenters. The van der Waals surface area contributed by atoms with Crippen LogP contribution in [0, 0.1) is 18.3 Å². The van der Waals surface area contributed by atoms with Crippen LogP contribution in [0.1, 0.15) is 56.5 Å². The summed E-state index contributed by atoms with van der Waals surface area (Å²) in [6, 6.07) is 7.96. The van der Waals surface area contributed by atoms with Crippen LogP contribution < -0.4 is 5.32 Å². The zero-order chi connectivity index (χ0) is 21.7. The first-order valence-corrected chi connectivity index (χ1v) is 10.2. The molecule has 0 radical (unpaired) electrons. The van der Waals surface area contributed by atoms with Crippen molar-refractivity contribution in [3.05, 3.63) is 47.5 Å². The largest absolute Gasteiger partial charge is 0.444 e. The third kappa shape index (κ3) is 5.44. The van der Waals surface area contributed by atoms with Crippen LogP contribution in [0.2, 0.25) is 0 Å². The van der Waals surface area contributed by atoms with Crippen molar-refractivity contribution >= 4 is 12.0 Å². The number of pyridine rings is 1. The fourth-order valence-electron chi connectivity index (χ4n) is 3.35. The number of hydrogen-bond donors (Lipinski definition) is 1. The molecule has 0 saturated carbocycles. The van der Waals surface area contributed by atoms with E-state index in [1.165, 1.54) is 0 Å². The van der Waals surface area contributed by atoms with E-state index in [2.05, 4.69) is 26.3 Å². The number of nitrogens with one attached hydrogen (secondary N) is 1. The van der Waals surface area contributed by atoms with Crippen LogP contribution in [0.5, 0.6) is 0 Å². The summed E-state index contributed by atoms with van der Waals surface area (Å²) in [5.41, 5.74) is 1.67. The molecule has 2 aromatic heterocycles. The minimum absolute atomic E-state index is 0.148. The Balaban J connectivity index is 1.65. The molecule has 0 spiro atoms.